The molecular formula is C20H23F2N5O3. The van der Waals surface area contributed by atoms with Gasteiger partial charge in [0.25, 0.3) is 17.4 Å². The lowest BCUT2D eigenvalue weighted by molar-refractivity contribution is -0.137. The van der Waals surface area contributed by atoms with E-state index in [2.05, 4.69) is 10.1 Å². The van der Waals surface area contributed by atoms with Crippen LogP contribution in [0.4, 0.5) is 14.7 Å². The zero-order chi connectivity index (χ0) is 21.0. The highest BCUT2D eigenvalue weighted by Crippen LogP contribution is 2.43. The van der Waals surface area contributed by atoms with E-state index < -0.39 is 24.4 Å². The van der Waals surface area contributed by atoms with Crippen LogP contribution in [0.15, 0.2) is 27.5 Å². The number of nitrogens with zero attached hydrogens (tertiary/aromatic N) is 5. The Hall–Kier alpha value is -2.78. The Kier molecular flexibility index (Phi) is 4.41. The lowest BCUT2D eigenvalue weighted by atomic mass is 9.78. The molecule has 0 N–H and O–H groups in total. The van der Waals surface area contributed by atoms with E-state index in [1.807, 2.05) is 17.9 Å². The summed E-state index contributed by atoms with van der Waals surface area (Å²) in [6.45, 7) is 2.39. The van der Waals surface area contributed by atoms with E-state index >= 15 is 0 Å². The van der Waals surface area contributed by atoms with Crippen molar-refractivity contribution in [3.8, 4) is 0 Å². The first-order chi connectivity index (χ1) is 14.4. The fourth-order valence-electron chi connectivity index (χ4n) is 5.04. The van der Waals surface area contributed by atoms with Crippen molar-refractivity contribution in [2.45, 2.75) is 44.1 Å². The molecule has 3 atom stereocenters. The zero-order valence-corrected chi connectivity index (χ0v) is 16.6. The number of rotatable bonds is 3. The van der Waals surface area contributed by atoms with E-state index in [-0.39, 0.29) is 30.4 Å². The van der Waals surface area contributed by atoms with Gasteiger partial charge in [-0.3, -0.25) is 14.2 Å². The molecule has 5 heterocycles. The smallest absolute Gasteiger partial charge is 0.267 e. The molecule has 10 heteroatoms. The number of alkyl halides is 2. The average molecular weight is 419 g/mol. The molecule has 2 aromatic heterocycles. The second kappa shape index (κ2) is 6.88. The molecule has 0 aromatic carbocycles. The van der Waals surface area contributed by atoms with Crippen molar-refractivity contribution >= 4 is 11.9 Å². The number of hydrogen-bond donors (Lipinski definition) is 0. The maximum Gasteiger partial charge on any atom is 0.267 e. The number of hydrogen-bond acceptors (Lipinski definition) is 6. The Morgan fingerprint density at radius 2 is 2.17 bits per heavy atom. The number of amides is 1. The molecule has 2 saturated heterocycles. The first kappa shape index (κ1) is 19.2. The molecule has 30 heavy (non-hydrogen) atoms. The van der Waals surface area contributed by atoms with Gasteiger partial charge in [-0.2, -0.15) is 4.98 Å². The number of carbonyl (C=O) groups excluding carboxylic acids is 1. The van der Waals surface area contributed by atoms with Crippen molar-refractivity contribution in [1.29, 1.82) is 0 Å². The second-order valence-corrected chi connectivity index (χ2v) is 8.41. The summed E-state index contributed by atoms with van der Waals surface area (Å²) in [5.41, 5.74) is 0.486. The van der Waals surface area contributed by atoms with Gasteiger partial charge in [-0.1, -0.05) is 13.0 Å². The largest absolute Gasteiger partial charge is 0.337 e. The quantitative estimate of drug-likeness (QED) is 0.755. The Morgan fingerprint density at radius 3 is 2.87 bits per heavy atom. The van der Waals surface area contributed by atoms with Crippen LogP contribution in [-0.2, 0) is 11.2 Å². The average Bonchev–Trinajstić information content (AvgIpc) is 3.34. The van der Waals surface area contributed by atoms with E-state index in [9.17, 15) is 18.4 Å². The Bertz CT molecular complexity index is 1040. The van der Waals surface area contributed by atoms with Crippen LogP contribution in [0.2, 0.25) is 0 Å². The minimum absolute atomic E-state index is 0.00378. The molecule has 8 nitrogen and oxygen atoms in total. The summed E-state index contributed by atoms with van der Waals surface area (Å²) in [5, 5.41) is 4.05. The lowest BCUT2D eigenvalue weighted by Crippen LogP contribution is -2.54. The summed E-state index contributed by atoms with van der Waals surface area (Å²) in [5.74, 6) is -2.48. The second-order valence-electron chi connectivity index (χ2n) is 8.41. The highest BCUT2D eigenvalue weighted by atomic mass is 19.3. The summed E-state index contributed by atoms with van der Waals surface area (Å²) >= 11 is 0. The number of aromatic nitrogens is 3. The molecule has 0 saturated carbocycles. The number of aryl methyl sites for hydroxylation is 1. The maximum atomic E-state index is 13.8. The van der Waals surface area contributed by atoms with Gasteiger partial charge in [0.2, 0.25) is 11.8 Å². The number of halogens is 2. The molecule has 3 aliphatic heterocycles. The Balaban J connectivity index is 1.52. The van der Waals surface area contributed by atoms with Crippen LogP contribution in [0.25, 0.3) is 0 Å². The van der Waals surface area contributed by atoms with Crippen molar-refractivity contribution in [1.82, 2.24) is 19.6 Å². The Morgan fingerprint density at radius 1 is 1.33 bits per heavy atom. The highest BCUT2D eigenvalue weighted by molar-refractivity contribution is 5.82. The standard InChI is InChI=1S/C20H23F2N5O3/c1-2-15-23-19(24-30-15)26-9-12-8-13(10-26)17(27-14(12)4-3-5-16(27)28)18(29)25-7-6-20(21,22)11-25/h3-5,12-13,17H,2,6-11H2,1H3/t12-,13+,17-/m1/s1. The van der Waals surface area contributed by atoms with Crippen molar-refractivity contribution < 1.29 is 18.1 Å². The molecule has 3 aliphatic rings. The van der Waals surface area contributed by atoms with Gasteiger partial charge < -0.3 is 14.3 Å². The van der Waals surface area contributed by atoms with E-state index in [0.29, 0.717) is 37.8 Å². The van der Waals surface area contributed by atoms with Gasteiger partial charge in [-0.05, 0) is 17.6 Å². The third-order valence-electron chi connectivity index (χ3n) is 6.42. The lowest BCUT2D eigenvalue weighted by Gasteiger charge is -2.46. The fraction of sp³-hybridized carbons (Fsp3) is 0.600. The zero-order valence-electron chi connectivity index (χ0n) is 16.6. The predicted octanol–water partition coefficient (Wildman–Crippen LogP) is 1.83. The normalized spacial score (nSPS) is 27.2. The molecular weight excluding hydrogens is 396 g/mol. The third-order valence-corrected chi connectivity index (χ3v) is 6.42. The number of piperidine rings is 1. The van der Waals surface area contributed by atoms with E-state index in [4.69, 9.17) is 4.52 Å². The third kappa shape index (κ3) is 3.09. The molecule has 2 aromatic rings. The minimum Gasteiger partial charge on any atom is -0.337 e. The van der Waals surface area contributed by atoms with Crippen LogP contribution in [0.3, 0.4) is 0 Å². The Labute approximate surface area is 171 Å². The van der Waals surface area contributed by atoms with Gasteiger partial charge in [-0.15, -0.1) is 0 Å². The van der Waals surface area contributed by atoms with Crippen LogP contribution in [-0.4, -0.2) is 57.6 Å². The molecule has 0 unspecified atom stereocenters. The van der Waals surface area contributed by atoms with Crippen LogP contribution in [0.5, 0.6) is 0 Å². The van der Waals surface area contributed by atoms with Crippen molar-refractivity contribution in [3.63, 3.8) is 0 Å². The van der Waals surface area contributed by atoms with Crippen molar-refractivity contribution in [2.75, 3.05) is 31.1 Å². The minimum atomic E-state index is -2.88. The summed E-state index contributed by atoms with van der Waals surface area (Å²) in [7, 11) is 0. The summed E-state index contributed by atoms with van der Waals surface area (Å²) < 4.78 is 34.3. The first-order valence-electron chi connectivity index (χ1n) is 10.3. The van der Waals surface area contributed by atoms with Gasteiger partial charge in [0, 0.05) is 56.1 Å². The number of fused-ring (bicyclic) bond motifs is 4. The molecule has 0 radical (unpaired) electrons. The van der Waals surface area contributed by atoms with Crippen molar-refractivity contribution in [2.24, 2.45) is 5.92 Å². The fourth-order valence-corrected chi connectivity index (χ4v) is 5.04. The molecule has 0 spiro atoms. The molecule has 2 fully saturated rings. The summed E-state index contributed by atoms with van der Waals surface area (Å²) in [6.07, 6.45) is 0.985. The number of pyridine rings is 1. The molecule has 1 amide bonds. The predicted molar refractivity (Wildman–Crippen MR) is 103 cm³/mol. The summed E-state index contributed by atoms with van der Waals surface area (Å²) in [4.78, 5) is 33.7. The van der Waals surface area contributed by atoms with Gasteiger partial charge in [0.15, 0.2) is 0 Å². The van der Waals surface area contributed by atoms with E-state index in [1.165, 1.54) is 15.5 Å². The van der Waals surface area contributed by atoms with Crippen LogP contribution >= 0.6 is 0 Å². The monoisotopic (exact) mass is 419 g/mol. The number of likely N-dealkylation sites (tertiary alicyclic amines) is 1. The van der Waals surface area contributed by atoms with Gasteiger partial charge in [0.1, 0.15) is 6.04 Å². The van der Waals surface area contributed by atoms with Gasteiger partial charge in [-0.25, -0.2) is 8.78 Å². The molecule has 160 valence electrons. The maximum absolute atomic E-state index is 13.8. The number of carbonyl (C=O) groups is 1. The summed E-state index contributed by atoms with van der Waals surface area (Å²) in [6, 6.07) is 4.15. The topological polar surface area (TPSA) is 84.5 Å². The molecule has 0 aliphatic carbocycles. The number of anilines is 1. The van der Waals surface area contributed by atoms with Gasteiger partial charge in [0.05, 0.1) is 6.54 Å². The SMILES string of the molecule is CCc1nc(N2C[C@H]3C[C@@H](C2)[C@H](C(=O)N2CCC(F)(F)C2)n2c3cccc2=O)no1. The van der Waals surface area contributed by atoms with Crippen LogP contribution in [0, 0.1) is 5.92 Å². The van der Waals surface area contributed by atoms with E-state index in [1.54, 1.807) is 6.07 Å². The van der Waals surface area contributed by atoms with Crippen molar-refractivity contribution in [3.05, 3.63) is 40.1 Å². The molecule has 5 rings (SSSR count). The van der Waals surface area contributed by atoms with Crippen LogP contribution in [0.1, 0.15) is 43.3 Å². The van der Waals surface area contributed by atoms with Crippen LogP contribution < -0.4 is 10.5 Å². The van der Waals surface area contributed by atoms with E-state index in [0.717, 1.165) is 5.69 Å². The highest BCUT2D eigenvalue weighted by Gasteiger charge is 2.48. The van der Waals surface area contributed by atoms with Gasteiger partial charge >= 0.3 is 0 Å². The molecule has 2 bridgehead atoms. The first-order valence-corrected chi connectivity index (χ1v) is 10.3.